The van der Waals surface area contributed by atoms with Crippen LogP contribution in [0.5, 0.6) is 0 Å². The number of aromatic nitrogens is 3. The lowest BCUT2D eigenvalue weighted by Gasteiger charge is -2.16. The molecule has 2 rings (SSSR count). The van der Waals surface area contributed by atoms with Crippen LogP contribution >= 0.6 is 11.8 Å². The molecule has 6 nitrogen and oxygen atoms in total. The molecule has 1 heterocycles. The predicted molar refractivity (Wildman–Crippen MR) is 77.8 cm³/mol. The highest BCUT2D eigenvalue weighted by atomic mass is 32.2. The van der Waals surface area contributed by atoms with Crippen LogP contribution in [0.15, 0.2) is 29.4 Å². The Morgan fingerprint density at radius 2 is 2.05 bits per heavy atom. The molecule has 1 atom stereocenters. The van der Waals surface area contributed by atoms with Crippen molar-refractivity contribution in [2.45, 2.75) is 25.0 Å². The first-order valence-corrected chi connectivity index (χ1v) is 7.09. The lowest BCUT2D eigenvalue weighted by Crippen LogP contribution is -2.12. The zero-order chi connectivity index (χ0) is 14.7. The largest absolute Gasteiger partial charge is 0.481 e. The van der Waals surface area contributed by atoms with E-state index in [2.05, 4.69) is 10.2 Å². The highest BCUT2D eigenvalue weighted by Crippen LogP contribution is 2.27. The molecule has 3 N–H and O–H groups in total. The second-order valence-corrected chi connectivity index (χ2v) is 5.42. The number of thioether (sulfide) groups is 1. The van der Waals surface area contributed by atoms with Crippen LogP contribution in [0.1, 0.15) is 24.1 Å². The van der Waals surface area contributed by atoms with E-state index in [0.717, 1.165) is 17.3 Å². The fourth-order valence-electron chi connectivity index (χ4n) is 1.87. The number of rotatable bonds is 5. The number of benzene rings is 1. The summed E-state index contributed by atoms with van der Waals surface area (Å²) < 4.78 is 1.75. The molecule has 0 aliphatic rings. The molecular weight excluding hydrogens is 276 g/mol. The van der Waals surface area contributed by atoms with Gasteiger partial charge in [-0.25, -0.2) is 0 Å². The maximum absolute atomic E-state index is 10.7. The van der Waals surface area contributed by atoms with Crippen LogP contribution in [0.25, 0.3) is 0 Å². The Morgan fingerprint density at radius 3 is 2.65 bits per heavy atom. The van der Waals surface area contributed by atoms with Gasteiger partial charge in [-0.15, -0.1) is 10.2 Å². The Balaban J connectivity index is 2.28. The predicted octanol–water partition coefficient (Wildman–Crippen LogP) is 1.95. The van der Waals surface area contributed by atoms with Crippen LogP contribution in [-0.4, -0.2) is 31.6 Å². The first-order valence-electron chi connectivity index (χ1n) is 6.10. The van der Waals surface area contributed by atoms with Gasteiger partial charge in [-0.2, -0.15) is 0 Å². The minimum absolute atomic E-state index is 0.0538. The standard InChI is InChI=1S/C13H16N4O2S/c1-8-3-5-10(6-4-8)9(2)17-12(14)15-16-13(17)20-7-11(18)19/h3-6,9H,7H2,1-2H3,(H2,14,15)(H,18,19). The van der Waals surface area contributed by atoms with E-state index < -0.39 is 5.97 Å². The van der Waals surface area contributed by atoms with Gasteiger partial charge in [-0.05, 0) is 19.4 Å². The molecule has 0 saturated carbocycles. The zero-order valence-corrected chi connectivity index (χ0v) is 12.1. The Bertz CT molecular complexity index is 609. The summed E-state index contributed by atoms with van der Waals surface area (Å²) in [5.41, 5.74) is 8.09. The van der Waals surface area contributed by atoms with E-state index in [4.69, 9.17) is 10.8 Å². The van der Waals surface area contributed by atoms with E-state index in [1.165, 1.54) is 5.56 Å². The summed E-state index contributed by atoms with van der Waals surface area (Å²) in [5.74, 6) is -0.685. The van der Waals surface area contributed by atoms with E-state index in [0.29, 0.717) is 5.16 Å². The van der Waals surface area contributed by atoms with Crippen molar-refractivity contribution in [3.63, 3.8) is 0 Å². The molecule has 0 radical (unpaired) electrons. The SMILES string of the molecule is Cc1ccc(C(C)n2c(N)nnc2SCC(=O)O)cc1. The number of nitrogens with two attached hydrogens (primary N) is 1. The number of carboxylic acid groups (broad SMARTS) is 1. The van der Waals surface area contributed by atoms with Crippen molar-refractivity contribution in [1.82, 2.24) is 14.8 Å². The molecule has 7 heteroatoms. The average molecular weight is 292 g/mol. The Kier molecular flexibility index (Phi) is 4.29. The van der Waals surface area contributed by atoms with E-state index >= 15 is 0 Å². The van der Waals surface area contributed by atoms with Crippen molar-refractivity contribution in [3.8, 4) is 0 Å². The Morgan fingerprint density at radius 1 is 1.40 bits per heavy atom. The molecule has 106 valence electrons. The van der Waals surface area contributed by atoms with Crippen molar-refractivity contribution in [2.24, 2.45) is 0 Å². The molecule has 1 aromatic carbocycles. The lowest BCUT2D eigenvalue weighted by molar-refractivity contribution is -0.133. The van der Waals surface area contributed by atoms with Crippen LogP contribution in [0.3, 0.4) is 0 Å². The summed E-state index contributed by atoms with van der Waals surface area (Å²) in [6.07, 6.45) is 0. The summed E-state index contributed by atoms with van der Waals surface area (Å²) >= 11 is 1.11. The van der Waals surface area contributed by atoms with Crippen molar-refractivity contribution in [2.75, 3.05) is 11.5 Å². The van der Waals surface area contributed by atoms with E-state index in [-0.39, 0.29) is 17.7 Å². The van der Waals surface area contributed by atoms with Gasteiger partial charge in [0, 0.05) is 0 Å². The second-order valence-electron chi connectivity index (χ2n) is 4.48. The molecule has 0 spiro atoms. The summed E-state index contributed by atoms with van der Waals surface area (Å²) in [6, 6.07) is 8.03. The fourth-order valence-corrected chi connectivity index (χ4v) is 2.61. The number of carboxylic acids is 1. The normalized spacial score (nSPS) is 12.3. The topological polar surface area (TPSA) is 94.0 Å². The summed E-state index contributed by atoms with van der Waals surface area (Å²) in [6.45, 7) is 4.00. The Hall–Kier alpha value is -2.02. The number of carbonyl (C=O) groups is 1. The molecular formula is C13H16N4O2S. The van der Waals surface area contributed by atoms with Gasteiger partial charge in [0.15, 0.2) is 5.16 Å². The number of aliphatic carboxylic acids is 1. The number of hydrogen-bond acceptors (Lipinski definition) is 5. The Labute approximate surface area is 121 Å². The van der Waals surface area contributed by atoms with E-state index in [1.54, 1.807) is 4.57 Å². The molecule has 0 aliphatic heterocycles. The van der Waals surface area contributed by atoms with Gasteiger partial charge in [0.25, 0.3) is 0 Å². The summed E-state index contributed by atoms with van der Waals surface area (Å²) in [5, 5.41) is 17.0. The molecule has 0 bridgehead atoms. The van der Waals surface area contributed by atoms with Crippen molar-refractivity contribution >= 4 is 23.7 Å². The third kappa shape index (κ3) is 3.11. The second kappa shape index (κ2) is 5.96. The molecule has 1 unspecified atom stereocenters. The smallest absolute Gasteiger partial charge is 0.313 e. The zero-order valence-electron chi connectivity index (χ0n) is 11.3. The van der Waals surface area contributed by atoms with Gasteiger partial charge < -0.3 is 10.8 Å². The van der Waals surface area contributed by atoms with Crippen LogP contribution < -0.4 is 5.73 Å². The number of aryl methyl sites for hydroxylation is 1. The fraction of sp³-hybridized carbons (Fsp3) is 0.308. The molecule has 1 aromatic heterocycles. The molecule has 20 heavy (non-hydrogen) atoms. The summed E-state index contributed by atoms with van der Waals surface area (Å²) in [4.78, 5) is 10.7. The van der Waals surface area contributed by atoms with Crippen LogP contribution in [0, 0.1) is 6.92 Å². The monoisotopic (exact) mass is 292 g/mol. The van der Waals surface area contributed by atoms with Crippen molar-refractivity contribution in [3.05, 3.63) is 35.4 Å². The minimum Gasteiger partial charge on any atom is -0.481 e. The maximum Gasteiger partial charge on any atom is 0.313 e. The average Bonchev–Trinajstić information content (AvgIpc) is 2.77. The third-order valence-corrected chi connectivity index (χ3v) is 3.89. The van der Waals surface area contributed by atoms with Crippen molar-refractivity contribution in [1.29, 1.82) is 0 Å². The maximum atomic E-state index is 10.7. The third-order valence-electron chi connectivity index (χ3n) is 2.96. The molecule has 0 saturated heterocycles. The van der Waals surface area contributed by atoms with Crippen LogP contribution in [0.2, 0.25) is 0 Å². The van der Waals surface area contributed by atoms with Gasteiger partial charge in [0.05, 0.1) is 11.8 Å². The highest BCUT2D eigenvalue weighted by Gasteiger charge is 2.18. The number of nitrogens with zero attached hydrogens (tertiary/aromatic N) is 3. The lowest BCUT2D eigenvalue weighted by atomic mass is 10.1. The van der Waals surface area contributed by atoms with Crippen LogP contribution in [0.4, 0.5) is 5.95 Å². The van der Waals surface area contributed by atoms with Gasteiger partial charge in [0.1, 0.15) is 0 Å². The first-order chi connectivity index (χ1) is 9.49. The highest BCUT2D eigenvalue weighted by molar-refractivity contribution is 7.99. The number of nitrogen functional groups attached to an aromatic ring is 1. The van der Waals surface area contributed by atoms with Gasteiger partial charge in [-0.3, -0.25) is 9.36 Å². The molecule has 0 aliphatic carbocycles. The van der Waals surface area contributed by atoms with Crippen LogP contribution in [-0.2, 0) is 4.79 Å². The molecule has 0 fully saturated rings. The number of anilines is 1. The minimum atomic E-state index is -0.897. The number of hydrogen-bond donors (Lipinski definition) is 2. The quantitative estimate of drug-likeness (QED) is 0.818. The van der Waals surface area contributed by atoms with E-state index in [9.17, 15) is 4.79 Å². The van der Waals surface area contributed by atoms with Gasteiger partial charge in [-0.1, -0.05) is 41.6 Å². The molecule has 2 aromatic rings. The van der Waals surface area contributed by atoms with Crippen molar-refractivity contribution < 1.29 is 9.90 Å². The van der Waals surface area contributed by atoms with E-state index in [1.807, 2.05) is 38.1 Å². The van der Waals surface area contributed by atoms with Gasteiger partial charge >= 0.3 is 5.97 Å². The molecule has 0 amide bonds. The summed E-state index contributed by atoms with van der Waals surface area (Å²) in [7, 11) is 0. The first kappa shape index (κ1) is 14.4. The van der Waals surface area contributed by atoms with Gasteiger partial charge in [0.2, 0.25) is 5.95 Å².